The molecule has 0 amide bonds. The van der Waals surface area contributed by atoms with E-state index in [9.17, 15) is 4.79 Å². The Morgan fingerprint density at radius 1 is 1.40 bits per heavy atom. The van der Waals surface area contributed by atoms with Crippen LogP contribution in [0.2, 0.25) is 0 Å². The summed E-state index contributed by atoms with van der Waals surface area (Å²) in [5.41, 5.74) is 3.67. The molecule has 0 radical (unpaired) electrons. The Kier molecular flexibility index (Phi) is 3.28. The van der Waals surface area contributed by atoms with Gasteiger partial charge in [0.15, 0.2) is 11.4 Å². The number of hydrogen-bond acceptors (Lipinski definition) is 4. The minimum Gasteiger partial charge on any atom is -0.493 e. The molecule has 0 unspecified atom stereocenters. The maximum Gasteiger partial charge on any atom is 0.214 e. The molecule has 0 aliphatic carbocycles. The fraction of sp³-hybridized carbons (Fsp3) is 0.333. The highest BCUT2D eigenvalue weighted by Gasteiger charge is 2.20. The van der Waals surface area contributed by atoms with E-state index in [2.05, 4.69) is 10.4 Å². The molecule has 0 spiro atoms. The maximum absolute atomic E-state index is 12.6. The third-order valence-corrected chi connectivity index (χ3v) is 3.70. The van der Waals surface area contributed by atoms with E-state index in [1.54, 1.807) is 25.0 Å². The van der Waals surface area contributed by atoms with Crippen molar-refractivity contribution in [2.45, 2.75) is 13.0 Å². The second-order valence-electron chi connectivity index (χ2n) is 4.92. The van der Waals surface area contributed by atoms with E-state index >= 15 is 0 Å². The highest BCUT2D eigenvalue weighted by Crippen LogP contribution is 2.23. The standard InChI is InChI=1S/C15H17N3O2/c1-18-14(13(20-2)9-17-18)15(19)11-4-3-10-5-6-16-8-12(10)7-11/h3-4,7,9,16H,5-6,8H2,1-2H3. The fourth-order valence-corrected chi connectivity index (χ4v) is 2.58. The van der Waals surface area contributed by atoms with Gasteiger partial charge in [0.2, 0.25) is 5.78 Å². The van der Waals surface area contributed by atoms with E-state index in [0.29, 0.717) is 17.0 Å². The predicted molar refractivity (Wildman–Crippen MR) is 75.0 cm³/mol. The number of carbonyl (C=O) groups is 1. The zero-order valence-corrected chi connectivity index (χ0v) is 11.6. The quantitative estimate of drug-likeness (QED) is 0.855. The number of rotatable bonds is 3. The van der Waals surface area contributed by atoms with Crippen molar-refractivity contribution in [1.82, 2.24) is 15.1 Å². The monoisotopic (exact) mass is 271 g/mol. The van der Waals surface area contributed by atoms with Gasteiger partial charge in [-0.25, -0.2) is 0 Å². The SMILES string of the molecule is COc1cnn(C)c1C(=O)c1ccc2c(c1)CNCC2. The molecule has 104 valence electrons. The number of aromatic nitrogens is 2. The summed E-state index contributed by atoms with van der Waals surface area (Å²) in [5.74, 6) is 0.448. The van der Waals surface area contributed by atoms with Crippen molar-refractivity contribution in [3.05, 3.63) is 46.8 Å². The molecule has 1 aliphatic heterocycles. The van der Waals surface area contributed by atoms with Crippen LogP contribution >= 0.6 is 0 Å². The minimum absolute atomic E-state index is 0.0600. The number of benzene rings is 1. The number of nitrogens with zero attached hydrogens (tertiary/aromatic N) is 2. The molecular weight excluding hydrogens is 254 g/mol. The van der Waals surface area contributed by atoms with E-state index in [1.165, 1.54) is 11.1 Å². The van der Waals surface area contributed by atoms with Crippen molar-refractivity contribution in [2.24, 2.45) is 7.05 Å². The highest BCUT2D eigenvalue weighted by atomic mass is 16.5. The molecule has 2 aromatic rings. The number of nitrogens with one attached hydrogen (secondary N) is 1. The van der Waals surface area contributed by atoms with Crippen LogP contribution in [-0.4, -0.2) is 29.2 Å². The van der Waals surface area contributed by atoms with Crippen LogP contribution in [0.25, 0.3) is 0 Å². The first-order valence-electron chi connectivity index (χ1n) is 6.64. The fourth-order valence-electron chi connectivity index (χ4n) is 2.58. The molecule has 1 N–H and O–H groups in total. The number of aryl methyl sites for hydroxylation is 1. The molecule has 0 fully saturated rings. The number of ether oxygens (including phenoxy) is 1. The van der Waals surface area contributed by atoms with Gasteiger partial charge in [-0.1, -0.05) is 12.1 Å². The Labute approximate surface area is 117 Å². The van der Waals surface area contributed by atoms with Crippen LogP contribution in [0.3, 0.4) is 0 Å². The van der Waals surface area contributed by atoms with E-state index in [4.69, 9.17) is 4.74 Å². The number of hydrogen-bond donors (Lipinski definition) is 1. The largest absolute Gasteiger partial charge is 0.493 e. The summed E-state index contributed by atoms with van der Waals surface area (Å²) in [7, 11) is 3.29. The van der Waals surface area contributed by atoms with Crippen molar-refractivity contribution in [3.63, 3.8) is 0 Å². The van der Waals surface area contributed by atoms with E-state index < -0.39 is 0 Å². The van der Waals surface area contributed by atoms with Crippen LogP contribution in [0.1, 0.15) is 27.2 Å². The smallest absolute Gasteiger partial charge is 0.214 e. The van der Waals surface area contributed by atoms with Gasteiger partial charge in [0, 0.05) is 19.2 Å². The summed E-state index contributed by atoms with van der Waals surface area (Å²) in [5, 5.41) is 7.40. The lowest BCUT2D eigenvalue weighted by Gasteiger charge is -2.17. The summed E-state index contributed by atoms with van der Waals surface area (Å²) in [6.07, 6.45) is 2.58. The number of carbonyl (C=O) groups excluding carboxylic acids is 1. The lowest BCUT2D eigenvalue weighted by molar-refractivity contribution is 0.102. The number of methoxy groups -OCH3 is 1. The molecule has 0 bridgehead atoms. The van der Waals surface area contributed by atoms with Crippen LogP contribution in [0.4, 0.5) is 0 Å². The van der Waals surface area contributed by atoms with Crippen LogP contribution in [0.15, 0.2) is 24.4 Å². The molecule has 20 heavy (non-hydrogen) atoms. The zero-order valence-electron chi connectivity index (χ0n) is 11.6. The number of ketones is 1. The van der Waals surface area contributed by atoms with Gasteiger partial charge in [0.1, 0.15) is 0 Å². The molecule has 1 aromatic carbocycles. The number of fused-ring (bicyclic) bond motifs is 1. The lowest BCUT2D eigenvalue weighted by Crippen LogP contribution is -2.24. The molecule has 5 heteroatoms. The first-order chi connectivity index (χ1) is 9.70. The predicted octanol–water partition coefficient (Wildman–Crippen LogP) is 1.31. The van der Waals surface area contributed by atoms with Gasteiger partial charge in [-0.05, 0) is 30.2 Å². The molecule has 3 rings (SSSR count). The first-order valence-corrected chi connectivity index (χ1v) is 6.64. The molecule has 0 saturated carbocycles. The van der Waals surface area contributed by atoms with Crippen LogP contribution in [0, 0.1) is 0 Å². The molecule has 2 heterocycles. The van der Waals surface area contributed by atoms with Gasteiger partial charge in [0.25, 0.3) is 0 Å². The highest BCUT2D eigenvalue weighted by molar-refractivity contribution is 6.09. The first kappa shape index (κ1) is 12.9. The van der Waals surface area contributed by atoms with E-state index in [1.807, 2.05) is 18.2 Å². The third kappa shape index (κ3) is 2.10. The van der Waals surface area contributed by atoms with Crippen molar-refractivity contribution in [2.75, 3.05) is 13.7 Å². The third-order valence-electron chi connectivity index (χ3n) is 3.70. The van der Waals surface area contributed by atoms with Crippen molar-refractivity contribution in [1.29, 1.82) is 0 Å². The van der Waals surface area contributed by atoms with Gasteiger partial charge in [-0.3, -0.25) is 9.48 Å². The molecule has 5 nitrogen and oxygen atoms in total. The van der Waals surface area contributed by atoms with Crippen molar-refractivity contribution >= 4 is 5.78 Å². The van der Waals surface area contributed by atoms with Crippen LogP contribution < -0.4 is 10.1 Å². The van der Waals surface area contributed by atoms with E-state index in [0.717, 1.165) is 19.5 Å². The minimum atomic E-state index is -0.0600. The summed E-state index contributed by atoms with van der Waals surface area (Å²) >= 11 is 0. The Balaban J connectivity index is 2.00. The lowest BCUT2D eigenvalue weighted by atomic mass is 9.96. The molecular formula is C15H17N3O2. The summed E-state index contributed by atoms with van der Waals surface area (Å²) in [4.78, 5) is 12.6. The zero-order chi connectivity index (χ0) is 14.1. The Morgan fingerprint density at radius 2 is 2.25 bits per heavy atom. The van der Waals surface area contributed by atoms with E-state index in [-0.39, 0.29) is 5.78 Å². The van der Waals surface area contributed by atoms with Gasteiger partial charge in [-0.15, -0.1) is 0 Å². The Hall–Kier alpha value is -2.14. The summed E-state index contributed by atoms with van der Waals surface area (Å²) in [6, 6.07) is 5.90. The second-order valence-corrected chi connectivity index (χ2v) is 4.92. The molecule has 0 atom stereocenters. The van der Waals surface area contributed by atoms with Gasteiger partial charge in [-0.2, -0.15) is 5.10 Å². The van der Waals surface area contributed by atoms with Gasteiger partial charge >= 0.3 is 0 Å². The summed E-state index contributed by atoms with van der Waals surface area (Å²) in [6.45, 7) is 1.81. The normalized spacial score (nSPS) is 13.9. The Bertz CT molecular complexity index is 661. The average Bonchev–Trinajstić information content (AvgIpc) is 2.87. The Morgan fingerprint density at radius 3 is 3.05 bits per heavy atom. The summed E-state index contributed by atoms with van der Waals surface area (Å²) < 4.78 is 6.76. The molecule has 1 aliphatic rings. The van der Waals surface area contributed by atoms with Crippen LogP contribution in [-0.2, 0) is 20.0 Å². The maximum atomic E-state index is 12.6. The molecule has 0 saturated heterocycles. The van der Waals surface area contributed by atoms with Crippen molar-refractivity contribution in [3.8, 4) is 5.75 Å². The average molecular weight is 271 g/mol. The van der Waals surface area contributed by atoms with Gasteiger partial charge < -0.3 is 10.1 Å². The van der Waals surface area contributed by atoms with Gasteiger partial charge in [0.05, 0.1) is 13.3 Å². The van der Waals surface area contributed by atoms with Crippen LogP contribution in [0.5, 0.6) is 5.75 Å². The van der Waals surface area contributed by atoms with Crippen molar-refractivity contribution < 1.29 is 9.53 Å². The second kappa shape index (κ2) is 5.09. The topological polar surface area (TPSA) is 56.2 Å². The molecule has 1 aromatic heterocycles.